The van der Waals surface area contributed by atoms with Gasteiger partial charge in [-0.25, -0.2) is 0 Å². The zero-order valence-corrected chi connectivity index (χ0v) is 11.2. The van der Waals surface area contributed by atoms with Crippen LogP contribution >= 0.6 is 0 Å². The SMILES string of the molecule is Cc1cnc(-c2noc(Cn3cc(N)cn3)n2)c(C)c1. The smallest absolute Gasteiger partial charge is 0.248 e. The minimum absolute atomic E-state index is 0.384. The van der Waals surface area contributed by atoms with Gasteiger partial charge in [-0.2, -0.15) is 10.1 Å². The summed E-state index contributed by atoms with van der Waals surface area (Å²) in [4.78, 5) is 8.68. The van der Waals surface area contributed by atoms with Gasteiger partial charge in [0.05, 0.1) is 11.9 Å². The summed E-state index contributed by atoms with van der Waals surface area (Å²) >= 11 is 0. The van der Waals surface area contributed by atoms with Crippen LogP contribution in [0.4, 0.5) is 5.69 Å². The molecule has 0 radical (unpaired) electrons. The van der Waals surface area contributed by atoms with E-state index in [1.54, 1.807) is 23.3 Å². The molecule has 0 amide bonds. The van der Waals surface area contributed by atoms with Crippen molar-refractivity contribution in [3.05, 3.63) is 41.7 Å². The number of nitrogens with zero attached hydrogens (tertiary/aromatic N) is 5. The standard InChI is InChI=1S/C13H14N6O/c1-8-3-9(2)12(15-4-8)13-17-11(20-18-13)7-19-6-10(14)5-16-19/h3-6H,7,14H2,1-2H3. The van der Waals surface area contributed by atoms with Crippen LogP contribution in [0.3, 0.4) is 0 Å². The van der Waals surface area contributed by atoms with Gasteiger partial charge in [0.25, 0.3) is 0 Å². The molecule has 102 valence electrons. The lowest BCUT2D eigenvalue weighted by Gasteiger charge is -2.00. The first-order valence-electron chi connectivity index (χ1n) is 6.16. The van der Waals surface area contributed by atoms with E-state index in [2.05, 4.69) is 20.2 Å². The van der Waals surface area contributed by atoms with Crippen molar-refractivity contribution in [3.63, 3.8) is 0 Å². The predicted octanol–water partition coefficient (Wildman–Crippen LogP) is 1.58. The Labute approximate surface area is 115 Å². The van der Waals surface area contributed by atoms with Gasteiger partial charge in [-0.1, -0.05) is 11.2 Å². The van der Waals surface area contributed by atoms with Crippen LogP contribution in [0.5, 0.6) is 0 Å². The van der Waals surface area contributed by atoms with Crippen LogP contribution in [0.2, 0.25) is 0 Å². The summed E-state index contributed by atoms with van der Waals surface area (Å²) in [5.74, 6) is 0.947. The van der Waals surface area contributed by atoms with Crippen LogP contribution in [-0.4, -0.2) is 24.9 Å². The molecule has 7 nitrogen and oxygen atoms in total. The van der Waals surface area contributed by atoms with Gasteiger partial charge in [-0.3, -0.25) is 9.67 Å². The summed E-state index contributed by atoms with van der Waals surface area (Å²) in [6.45, 7) is 4.35. The fourth-order valence-electron chi connectivity index (χ4n) is 1.97. The molecule has 0 spiro atoms. The lowest BCUT2D eigenvalue weighted by atomic mass is 10.1. The Morgan fingerprint density at radius 3 is 2.85 bits per heavy atom. The number of aromatic nitrogens is 5. The van der Waals surface area contributed by atoms with Crippen LogP contribution in [0.1, 0.15) is 17.0 Å². The summed E-state index contributed by atoms with van der Waals surface area (Å²) in [5.41, 5.74) is 9.04. The van der Waals surface area contributed by atoms with E-state index in [4.69, 9.17) is 10.3 Å². The van der Waals surface area contributed by atoms with E-state index >= 15 is 0 Å². The molecule has 2 N–H and O–H groups in total. The van der Waals surface area contributed by atoms with Crippen molar-refractivity contribution >= 4 is 5.69 Å². The first kappa shape index (κ1) is 12.3. The molecule has 0 aromatic carbocycles. The minimum Gasteiger partial charge on any atom is -0.396 e. The molecular weight excluding hydrogens is 256 g/mol. The van der Waals surface area contributed by atoms with Gasteiger partial charge >= 0.3 is 0 Å². The molecule has 0 fully saturated rings. The Morgan fingerprint density at radius 1 is 1.30 bits per heavy atom. The molecule has 0 aliphatic carbocycles. The topological polar surface area (TPSA) is 95.7 Å². The van der Waals surface area contributed by atoms with E-state index in [9.17, 15) is 0 Å². The average Bonchev–Trinajstić information content (AvgIpc) is 2.99. The maximum absolute atomic E-state index is 5.60. The highest BCUT2D eigenvalue weighted by molar-refractivity contribution is 5.53. The highest BCUT2D eigenvalue weighted by Crippen LogP contribution is 2.18. The van der Waals surface area contributed by atoms with Gasteiger partial charge in [0.1, 0.15) is 12.2 Å². The summed E-state index contributed by atoms with van der Waals surface area (Å²) in [6.07, 6.45) is 5.06. The van der Waals surface area contributed by atoms with Gasteiger partial charge in [-0.15, -0.1) is 0 Å². The van der Waals surface area contributed by atoms with Crippen molar-refractivity contribution in [3.8, 4) is 11.5 Å². The number of pyridine rings is 1. The van der Waals surface area contributed by atoms with Gasteiger partial charge < -0.3 is 10.3 Å². The number of hydrogen-bond donors (Lipinski definition) is 1. The fraction of sp³-hybridized carbons (Fsp3) is 0.231. The summed E-state index contributed by atoms with van der Waals surface area (Å²) in [7, 11) is 0. The highest BCUT2D eigenvalue weighted by Gasteiger charge is 2.13. The molecule has 0 aliphatic rings. The number of anilines is 1. The third-order valence-electron chi connectivity index (χ3n) is 2.85. The summed E-state index contributed by atoms with van der Waals surface area (Å²) < 4.78 is 6.86. The normalized spacial score (nSPS) is 10.9. The molecular formula is C13H14N6O. The molecule has 20 heavy (non-hydrogen) atoms. The first-order chi connectivity index (χ1) is 9.61. The van der Waals surface area contributed by atoms with Crippen LogP contribution in [0.15, 0.2) is 29.2 Å². The molecule has 0 atom stereocenters. The molecule has 0 bridgehead atoms. The molecule has 3 aromatic rings. The number of nitrogens with two attached hydrogens (primary N) is 1. The van der Waals surface area contributed by atoms with Crippen molar-refractivity contribution in [2.45, 2.75) is 20.4 Å². The van der Waals surface area contributed by atoms with Gasteiger partial charge in [0, 0.05) is 12.4 Å². The van der Waals surface area contributed by atoms with Gasteiger partial charge in [-0.05, 0) is 25.0 Å². The van der Waals surface area contributed by atoms with E-state index in [1.807, 2.05) is 19.9 Å². The van der Waals surface area contributed by atoms with E-state index in [0.717, 1.165) is 16.8 Å². The van der Waals surface area contributed by atoms with Crippen LogP contribution in [-0.2, 0) is 6.54 Å². The van der Waals surface area contributed by atoms with Crippen LogP contribution in [0, 0.1) is 13.8 Å². The van der Waals surface area contributed by atoms with Crippen molar-refractivity contribution in [1.82, 2.24) is 24.9 Å². The van der Waals surface area contributed by atoms with Crippen LogP contribution in [0.25, 0.3) is 11.5 Å². The zero-order chi connectivity index (χ0) is 14.1. The second-order valence-corrected chi connectivity index (χ2v) is 4.66. The number of hydrogen-bond acceptors (Lipinski definition) is 6. The Bertz CT molecular complexity index is 745. The lowest BCUT2D eigenvalue weighted by Crippen LogP contribution is -2.00. The second kappa shape index (κ2) is 4.76. The Balaban J connectivity index is 1.86. The number of rotatable bonds is 3. The van der Waals surface area contributed by atoms with E-state index in [-0.39, 0.29) is 0 Å². The molecule has 3 rings (SSSR count). The average molecular weight is 270 g/mol. The summed E-state index contributed by atoms with van der Waals surface area (Å²) in [5, 5.41) is 8.03. The predicted molar refractivity (Wildman–Crippen MR) is 72.7 cm³/mol. The molecule has 0 unspecified atom stereocenters. The Kier molecular flexibility index (Phi) is 2.94. The molecule has 0 saturated carbocycles. The monoisotopic (exact) mass is 270 g/mol. The van der Waals surface area contributed by atoms with E-state index in [0.29, 0.717) is 23.9 Å². The third kappa shape index (κ3) is 2.37. The first-order valence-corrected chi connectivity index (χ1v) is 6.16. The fourth-order valence-corrected chi connectivity index (χ4v) is 1.97. The van der Waals surface area contributed by atoms with Gasteiger partial charge in [0.15, 0.2) is 0 Å². The molecule has 0 saturated heterocycles. The maximum Gasteiger partial charge on any atom is 0.248 e. The Hall–Kier alpha value is -2.70. The van der Waals surface area contributed by atoms with Crippen molar-refractivity contribution in [2.75, 3.05) is 5.73 Å². The lowest BCUT2D eigenvalue weighted by molar-refractivity contribution is 0.366. The van der Waals surface area contributed by atoms with E-state index in [1.165, 1.54) is 0 Å². The quantitative estimate of drug-likeness (QED) is 0.776. The third-order valence-corrected chi connectivity index (χ3v) is 2.85. The highest BCUT2D eigenvalue weighted by atomic mass is 16.5. The largest absolute Gasteiger partial charge is 0.396 e. The molecule has 3 aromatic heterocycles. The van der Waals surface area contributed by atoms with Crippen LogP contribution < -0.4 is 5.73 Å². The molecule has 7 heteroatoms. The summed E-state index contributed by atoms with van der Waals surface area (Å²) in [6, 6.07) is 2.03. The number of nitrogen functional groups attached to an aromatic ring is 1. The zero-order valence-electron chi connectivity index (χ0n) is 11.2. The van der Waals surface area contributed by atoms with E-state index < -0.39 is 0 Å². The second-order valence-electron chi connectivity index (χ2n) is 4.66. The van der Waals surface area contributed by atoms with Gasteiger partial charge in [0.2, 0.25) is 11.7 Å². The minimum atomic E-state index is 0.384. The molecule has 3 heterocycles. The van der Waals surface area contributed by atoms with Crippen molar-refractivity contribution in [1.29, 1.82) is 0 Å². The van der Waals surface area contributed by atoms with Crippen molar-refractivity contribution in [2.24, 2.45) is 0 Å². The maximum atomic E-state index is 5.60. The Morgan fingerprint density at radius 2 is 2.15 bits per heavy atom. The van der Waals surface area contributed by atoms with Crippen molar-refractivity contribution < 1.29 is 4.52 Å². The number of aryl methyl sites for hydroxylation is 2. The molecule has 0 aliphatic heterocycles.